The molecule has 0 radical (unpaired) electrons. The van der Waals surface area contributed by atoms with E-state index < -0.39 is 12.6 Å². The number of thioether (sulfide) groups is 1. The van der Waals surface area contributed by atoms with E-state index in [2.05, 4.69) is 15.2 Å². The van der Waals surface area contributed by atoms with Gasteiger partial charge in [0.25, 0.3) is 0 Å². The Morgan fingerprint density at radius 2 is 1.92 bits per heavy atom. The van der Waals surface area contributed by atoms with Crippen molar-refractivity contribution in [1.82, 2.24) is 19.7 Å². The van der Waals surface area contributed by atoms with E-state index in [-0.39, 0.29) is 16.3 Å². The summed E-state index contributed by atoms with van der Waals surface area (Å²) >= 11 is 9.45. The number of ether oxygens (including phenoxy) is 2. The largest absolute Gasteiger partial charge is 0.493 e. The molecule has 0 saturated carbocycles. The van der Waals surface area contributed by atoms with Gasteiger partial charge in [-0.15, -0.1) is 33.3 Å². The molecular formula is C24H20ClF3N4O2S2. The number of benzene rings is 2. The normalized spacial score (nSPS) is 17.3. The van der Waals surface area contributed by atoms with Gasteiger partial charge in [0.1, 0.15) is 12.2 Å². The Balaban J connectivity index is 1.75. The number of hydrogen-bond donors (Lipinski definition) is 0. The highest BCUT2D eigenvalue weighted by atomic mass is 35.5. The van der Waals surface area contributed by atoms with Gasteiger partial charge in [-0.2, -0.15) is 13.2 Å². The average molecular weight is 553 g/mol. The van der Waals surface area contributed by atoms with Gasteiger partial charge in [-0.25, -0.2) is 4.98 Å². The lowest BCUT2D eigenvalue weighted by molar-refractivity contribution is -0.128. The zero-order valence-corrected chi connectivity index (χ0v) is 21.5. The van der Waals surface area contributed by atoms with Gasteiger partial charge in [0.15, 0.2) is 17.3 Å². The molecule has 36 heavy (non-hydrogen) atoms. The second-order valence-electron chi connectivity index (χ2n) is 8.02. The molecule has 1 aliphatic rings. The summed E-state index contributed by atoms with van der Waals surface area (Å²) in [5.74, 6) is 1.35. The second-order valence-corrected chi connectivity index (χ2v) is 10.8. The van der Waals surface area contributed by atoms with Crippen LogP contribution in [0.1, 0.15) is 38.3 Å². The number of fused-ring (bicyclic) bond motifs is 3. The predicted molar refractivity (Wildman–Crippen MR) is 134 cm³/mol. The molecule has 0 bridgehead atoms. The lowest BCUT2D eigenvalue weighted by Crippen LogP contribution is -2.17. The quantitative estimate of drug-likeness (QED) is 0.268. The molecule has 12 heteroatoms. The highest BCUT2D eigenvalue weighted by Crippen LogP contribution is 2.54. The average Bonchev–Trinajstić information content (AvgIpc) is 3.47. The van der Waals surface area contributed by atoms with Gasteiger partial charge in [-0.05, 0) is 29.8 Å². The van der Waals surface area contributed by atoms with E-state index in [1.54, 1.807) is 56.4 Å². The van der Waals surface area contributed by atoms with Gasteiger partial charge in [0, 0.05) is 28.6 Å². The molecule has 4 aromatic rings. The molecule has 5 rings (SSSR count). The number of para-hydroxylation sites is 1. The Labute approximate surface area is 218 Å². The summed E-state index contributed by atoms with van der Waals surface area (Å²) in [6, 6.07) is 10.7. The molecule has 1 aliphatic heterocycles. The Kier molecular flexibility index (Phi) is 6.88. The van der Waals surface area contributed by atoms with Crippen molar-refractivity contribution < 1.29 is 22.6 Å². The van der Waals surface area contributed by atoms with Gasteiger partial charge >= 0.3 is 6.18 Å². The fourth-order valence-corrected chi connectivity index (χ4v) is 6.82. The molecule has 0 spiro atoms. The highest BCUT2D eigenvalue weighted by molar-refractivity contribution is 8.00. The molecule has 0 N–H and O–H groups in total. The number of rotatable bonds is 6. The SMILES string of the molecule is COc1cccc([C@H]2S[C@H](Cc3nccs3)c3nnc(CC(F)(F)F)n3-c3ccc(Cl)cc32)c1OC. The molecule has 6 nitrogen and oxygen atoms in total. The van der Waals surface area contributed by atoms with Crippen LogP contribution in [0.5, 0.6) is 11.5 Å². The Morgan fingerprint density at radius 3 is 2.61 bits per heavy atom. The molecule has 0 saturated heterocycles. The summed E-state index contributed by atoms with van der Waals surface area (Å²) in [7, 11) is 3.12. The fourth-order valence-electron chi connectivity index (χ4n) is 4.34. The summed E-state index contributed by atoms with van der Waals surface area (Å²) in [4.78, 5) is 4.40. The first-order valence-corrected chi connectivity index (χ1v) is 13.0. The van der Waals surface area contributed by atoms with Crippen LogP contribution < -0.4 is 9.47 Å². The third-order valence-corrected chi connectivity index (χ3v) is 8.30. The lowest BCUT2D eigenvalue weighted by atomic mass is 10.0. The van der Waals surface area contributed by atoms with Crippen molar-refractivity contribution in [3.8, 4) is 17.2 Å². The number of halogens is 4. The Hall–Kier alpha value is -2.76. The number of nitrogens with zero attached hydrogens (tertiary/aromatic N) is 4. The van der Waals surface area contributed by atoms with Crippen LogP contribution in [0.15, 0.2) is 48.0 Å². The van der Waals surface area contributed by atoms with E-state index in [0.717, 1.165) is 16.1 Å². The van der Waals surface area contributed by atoms with Crippen molar-refractivity contribution in [2.24, 2.45) is 0 Å². The second kappa shape index (κ2) is 9.95. The van der Waals surface area contributed by atoms with Crippen LogP contribution in [0.2, 0.25) is 5.02 Å². The molecular weight excluding hydrogens is 533 g/mol. The van der Waals surface area contributed by atoms with E-state index in [9.17, 15) is 13.2 Å². The smallest absolute Gasteiger partial charge is 0.396 e. The molecule has 2 atom stereocenters. The summed E-state index contributed by atoms with van der Waals surface area (Å²) in [6.07, 6.45) is -3.48. The Morgan fingerprint density at radius 1 is 1.08 bits per heavy atom. The minimum absolute atomic E-state index is 0.177. The molecule has 0 fully saturated rings. The third kappa shape index (κ3) is 4.79. The van der Waals surface area contributed by atoms with Crippen LogP contribution in [-0.4, -0.2) is 40.1 Å². The predicted octanol–water partition coefficient (Wildman–Crippen LogP) is 6.62. The first kappa shape index (κ1) is 24.9. The number of methoxy groups -OCH3 is 2. The zero-order valence-electron chi connectivity index (χ0n) is 19.1. The summed E-state index contributed by atoms with van der Waals surface area (Å²) in [6.45, 7) is 0. The monoisotopic (exact) mass is 552 g/mol. The molecule has 2 aromatic carbocycles. The zero-order chi connectivity index (χ0) is 25.4. The van der Waals surface area contributed by atoms with Gasteiger partial charge in [-0.3, -0.25) is 4.57 Å². The maximum absolute atomic E-state index is 13.5. The van der Waals surface area contributed by atoms with Gasteiger partial charge in [0.2, 0.25) is 0 Å². The lowest BCUT2D eigenvalue weighted by Gasteiger charge is -2.23. The standard InChI is InChI=1S/C24H20ClF3N4O2S2/c1-33-17-5-3-4-14(21(17)34-2)22-15-10-13(25)6-7-16(15)32-19(12-24(26,27)28)30-31-23(32)18(36-22)11-20-29-8-9-35-20/h3-10,18,22H,11-12H2,1-2H3/t18-,22-/m1/s1. The number of hydrogen-bond acceptors (Lipinski definition) is 7. The van der Waals surface area contributed by atoms with Crippen molar-refractivity contribution in [2.45, 2.75) is 29.5 Å². The topological polar surface area (TPSA) is 62.1 Å². The first-order chi connectivity index (χ1) is 17.3. The minimum Gasteiger partial charge on any atom is -0.493 e. The molecule has 0 aliphatic carbocycles. The van der Waals surface area contributed by atoms with Crippen LogP contribution >= 0.6 is 34.7 Å². The molecule has 3 heterocycles. The van der Waals surface area contributed by atoms with Crippen molar-refractivity contribution in [3.05, 3.63) is 80.8 Å². The van der Waals surface area contributed by atoms with Gasteiger partial charge in [-0.1, -0.05) is 23.7 Å². The number of alkyl halides is 3. The molecule has 188 valence electrons. The van der Waals surface area contributed by atoms with Crippen LogP contribution in [0, 0.1) is 0 Å². The molecule has 2 aromatic heterocycles. The minimum atomic E-state index is -4.45. The van der Waals surface area contributed by atoms with Crippen LogP contribution in [0.3, 0.4) is 0 Å². The van der Waals surface area contributed by atoms with E-state index >= 15 is 0 Å². The van der Waals surface area contributed by atoms with Gasteiger partial charge < -0.3 is 9.47 Å². The summed E-state index contributed by atoms with van der Waals surface area (Å²) < 4.78 is 53.3. The van der Waals surface area contributed by atoms with Crippen molar-refractivity contribution in [1.29, 1.82) is 0 Å². The van der Waals surface area contributed by atoms with Crippen LogP contribution in [-0.2, 0) is 12.8 Å². The van der Waals surface area contributed by atoms with E-state index in [0.29, 0.717) is 34.5 Å². The third-order valence-electron chi connectivity index (χ3n) is 5.77. The first-order valence-electron chi connectivity index (χ1n) is 10.8. The maximum atomic E-state index is 13.5. The number of aromatic nitrogens is 4. The van der Waals surface area contributed by atoms with E-state index in [1.807, 2.05) is 17.5 Å². The van der Waals surface area contributed by atoms with Crippen molar-refractivity contribution >= 4 is 34.7 Å². The summed E-state index contributed by atoms with van der Waals surface area (Å²) in [5, 5.41) is 10.7. The molecule has 0 amide bonds. The van der Waals surface area contributed by atoms with Crippen LogP contribution in [0.25, 0.3) is 5.69 Å². The van der Waals surface area contributed by atoms with Crippen molar-refractivity contribution in [2.75, 3.05) is 14.2 Å². The number of thiazole rings is 1. The van der Waals surface area contributed by atoms with Crippen molar-refractivity contribution in [3.63, 3.8) is 0 Å². The highest BCUT2D eigenvalue weighted by Gasteiger charge is 2.38. The van der Waals surface area contributed by atoms with E-state index in [4.69, 9.17) is 21.1 Å². The maximum Gasteiger partial charge on any atom is 0.396 e. The molecule has 0 unspecified atom stereocenters. The van der Waals surface area contributed by atoms with Crippen LogP contribution in [0.4, 0.5) is 13.2 Å². The van der Waals surface area contributed by atoms with E-state index in [1.165, 1.54) is 15.9 Å². The fraction of sp³-hybridized carbons (Fsp3) is 0.292. The van der Waals surface area contributed by atoms with Gasteiger partial charge in [0.05, 0.1) is 35.4 Å². The summed E-state index contributed by atoms with van der Waals surface area (Å²) in [5.41, 5.74) is 2.08. The Bertz CT molecular complexity index is 1380.